The van der Waals surface area contributed by atoms with Crippen molar-refractivity contribution in [2.45, 2.75) is 26.4 Å². The van der Waals surface area contributed by atoms with E-state index in [9.17, 15) is 9.59 Å². The van der Waals surface area contributed by atoms with E-state index in [1.807, 2.05) is 66.4 Å². The summed E-state index contributed by atoms with van der Waals surface area (Å²) in [6.45, 7) is 2.95. The van der Waals surface area contributed by atoms with Crippen LogP contribution >= 0.6 is 0 Å². The number of carbonyl (C=O) groups is 1. The van der Waals surface area contributed by atoms with E-state index in [2.05, 4.69) is 15.2 Å². The SMILES string of the molecule is COc1ccc(-c2cc3c(n(C)c2=O)CCN(C(=O)Cn2nc4ccccc4n2)C3)c2ccc(C)nc12. The quantitative estimate of drug-likeness (QED) is 0.381. The number of methoxy groups -OCH3 is 1. The van der Waals surface area contributed by atoms with Gasteiger partial charge in [0, 0.05) is 48.9 Å². The fourth-order valence-corrected chi connectivity index (χ4v) is 5.12. The third-order valence-corrected chi connectivity index (χ3v) is 7.04. The van der Waals surface area contributed by atoms with Crippen molar-refractivity contribution in [1.29, 1.82) is 0 Å². The maximum absolute atomic E-state index is 13.5. The molecule has 3 aromatic heterocycles. The van der Waals surface area contributed by atoms with Crippen molar-refractivity contribution in [3.05, 3.63) is 81.9 Å². The summed E-state index contributed by atoms with van der Waals surface area (Å²) in [5.74, 6) is 0.602. The molecular weight excluding hydrogens is 468 g/mol. The lowest BCUT2D eigenvalue weighted by Gasteiger charge is -2.30. The Kier molecular flexibility index (Phi) is 5.48. The second-order valence-corrected chi connectivity index (χ2v) is 9.34. The first kappa shape index (κ1) is 22.9. The first-order chi connectivity index (χ1) is 17.9. The number of hydrogen-bond acceptors (Lipinski definition) is 6. The highest BCUT2D eigenvalue weighted by Crippen LogP contribution is 2.33. The van der Waals surface area contributed by atoms with Gasteiger partial charge < -0.3 is 14.2 Å². The van der Waals surface area contributed by atoms with Crippen LogP contribution in [0.25, 0.3) is 33.1 Å². The lowest BCUT2D eigenvalue weighted by Crippen LogP contribution is -2.40. The number of amides is 1. The van der Waals surface area contributed by atoms with Gasteiger partial charge in [-0.3, -0.25) is 9.59 Å². The molecule has 1 aliphatic heterocycles. The Morgan fingerprint density at radius 2 is 1.78 bits per heavy atom. The standard InChI is InChI=1S/C28H26N6O3/c1-17-8-9-20-19(10-11-25(37-3)27(20)29-17)21-14-18-15-33(13-12-24(18)32(2)28(21)36)26(35)16-34-30-22-6-4-5-7-23(22)31-34/h4-11,14H,12-13,15-16H2,1-3H3. The topological polar surface area (TPSA) is 95.1 Å². The van der Waals surface area contributed by atoms with Crippen LogP contribution in [0.4, 0.5) is 0 Å². The fourth-order valence-electron chi connectivity index (χ4n) is 5.12. The maximum Gasteiger partial charge on any atom is 0.258 e. The summed E-state index contributed by atoms with van der Waals surface area (Å²) >= 11 is 0. The summed E-state index contributed by atoms with van der Waals surface area (Å²) in [5, 5.41) is 9.68. The van der Waals surface area contributed by atoms with Gasteiger partial charge in [-0.1, -0.05) is 18.2 Å². The van der Waals surface area contributed by atoms with Gasteiger partial charge in [-0.25, -0.2) is 4.98 Å². The zero-order valence-electron chi connectivity index (χ0n) is 20.9. The molecule has 186 valence electrons. The summed E-state index contributed by atoms with van der Waals surface area (Å²) in [4.78, 5) is 34.6. The normalized spacial score (nSPS) is 13.2. The van der Waals surface area contributed by atoms with Gasteiger partial charge in [-0.2, -0.15) is 15.0 Å². The van der Waals surface area contributed by atoms with Crippen molar-refractivity contribution in [2.24, 2.45) is 7.05 Å². The first-order valence-corrected chi connectivity index (χ1v) is 12.2. The van der Waals surface area contributed by atoms with Gasteiger partial charge in [0.25, 0.3) is 5.56 Å². The zero-order valence-corrected chi connectivity index (χ0v) is 20.9. The summed E-state index contributed by atoms with van der Waals surface area (Å²) in [7, 11) is 3.42. The van der Waals surface area contributed by atoms with Crippen molar-refractivity contribution < 1.29 is 9.53 Å². The number of aromatic nitrogens is 5. The van der Waals surface area contributed by atoms with E-state index in [0.29, 0.717) is 30.8 Å². The number of fused-ring (bicyclic) bond motifs is 3. The smallest absolute Gasteiger partial charge is 0.258 e. The molecule has 9 nitrogen and oxygen atoms in total. The Hall–Kier alpha value is -4.53. The predicted octanol–water partition coefficient (Wildman–Crippen LogP) is 3.25. The molecule has 37 heavy (non-hydrogen) atoms. The van der Waals surface area contributed by atoms with Crippen LogP contribution in [-0.4, -0.2) is 49.0 Å². The largest absolute Gasteiger partial charge is 0.494 e. The minimum Gasteiger partial charge on any atom is -0.494 e. The van der Waals surface area contributed by atoms with E-state index in [1.54, 1.807) is 18.7 Å². The summed E-state index contributed by atoms with van der Waals surface area (Å²) in [5.41, 5.74) is 6.32. The minimum absolute atomic E-state index is 0.0593. The Morgan fingerprint density at radius 3 is 2.51 bits per heavy atom. The lowest BCUT2D eigenvalue weighted by molar-refractivity contribution is -0.133. The molecule has 0 unspecified atom stereocenters. The van der Waals surface area contributed by atoms with Crippen molar-refractivity contribution in [2.75, 3.05) is 13.7 Å². The highest BCUT2D eigenvalue weighted by molar-refractivity contribution is 5.98. The number of hydrogen-bond donors (Lipinski definition) is 0. The van der Waals surface area contributed by atoms with Crippen LogP contribution in [0.2, 0.25) is 0 Å². The second kappa shape index (κ2) is 8.85. The average molecular weight is 495 g/mol. The molecule has 1 aliphatic rings. The van der Waals surface area contributed by atoms with E-state index in [0.717, 1.165) is 44.5 Å². The van der Waals surface area contributed by atoms with Crippen LogP contribution in [-0.2, 0) is 31.4 Å². The van der Waals surface area contributed by atoms with Gasteiger partial charge in [0.1, 0.15) is 28.8 Å². The number of benzene rings is 2. The predicted molar refractivity (Wildman–Crippen MR) is 140 cm³/mol. The van der Waals surface area contributed by atoms with Gasteiger partial charge in [-0.05, 0) is 54.4 Å². The molecule has 0 atom stereocenters. The van der Waals surface area contributed by atoms with E-state index >= 15 is 0 Å². The number of nitrogens with zero attached hydrogens (tertiary/aromatic N) is 6. The Morgan fingerprint density at radius 1 is 1.03 bits per heavy atom. The Balaban J connectivity index is 1.35. The molecule has 5 aromatic rings. The van der Waals surface area contributed by atoms with Gasteiger partial charge in [0.15, 0.2) is 0 Å². The van der Waals surface area contributed by atoms with Crippen LogP contribution in [0.15, 0.2) is 59.4 Å². The molecule has 0 saturated heterocycles. The monoisotopic (exact) mass is 494 g/mol. The first-order valence-electron chi connectivity index (χ1n) is 12.2. The number of ether oxygens (including phenoxy) is 1. The number of carbonyl (C=O) groups excluding carboxylic acids is 1. The minimum atomic E-state index is -0.0713. The highest BCUT2D eigenvalue weighted by atomic mass is 16.5. The Bertz CT molecular complexity index is 1720. The van der Waals surface area contributed by atoms with Crippen molar-refractivity contribution in [3.63, 3.8) is 0 Å². The van der Waals surface area contributed by atoms with Crippen LogP contribution in [0.3, 0.4) is 0 Å². The molecule has 0 spiro atoms. The van der Waals surface area contributed by atoms with Crippen molar-refractivity contribution in [3.8, 4) is 16.9 Å². The summed E-state index contributed by atoms with van der Waals surface area (Å²) < 4.78 is 7.24. The third kappa shape index (κ3) is 3.92. The molecular formula is C28H26N6O3. The zero-order chi connectivity index (χ0) is 25.7. The average Bonchev–Trinajstić information content (AvgIpc) is 3.32. The molecule has 0 fully saturated rings. The molecule has 4 heterocycles. The molecule has 0 N–H and O–H groups in total. The van der Waals surface area contributed by atoms with E-state index in [4.69, 9.17) is 4.74 Å². The second-order valence-electron chi connectivity index (χ2n) is 9.34. The molecule has 6 rings (SSSR count). The summed E-state index contributed by atoms with van der Waals surface area (Å²) in [6, 6.07) is 17.1. The van der Waals surface area contributed by atoms with Crippen LogP contribution < -0.4 is 10.3 Å². The number of aryl methyl sites for hydroxylation is 1. The van der Waals surface area contributed by atoms with E-state index in [1.165, 1.54) is 4.80 Å². The van der Waals surface area contributed by atoms with Gasteiger partial charge in [0.2, 0.25) is 5.91 Å². The van der Waals surface area contributed by atoms with Crippen LogP contribution in [0.1, 0.15) is 17.0 Å². The molecule has 9 heteroatoms. The third-order valence-electron chi connectivity index (χ3n) is 7.04. The van der Waals surface area contributed by atoms with E-state index in [-0.39, 0.29) is 18.0 Å². The molecule has 0 bridgehead atoms. The molecule has 2 aromatic carbocycles. The highest BCUT2D eigenvalue weighted by Gasteiger charge is 2.25. The molecule has 0 aliphatic carbocycles. The lowest BCUT2D eigenvalue weighted by atomic mass is 9.96. The van der Waals surface area contributed by atoms with Crippen molar-refractivity contribution in [1.82, 2.24) is 29.4 Å². The van der Waals surface area contributed by atoms with E-state index < -0.39 is 0 Å². The van der Waals surface area contributed by atoms with Gasteiger partial charge >= 0.3 is 0 Å². The van der Waals surface area contributed by atoms with Crippen molar-refractivity contribution >= 4 is 27.8 Å². The van der Waals surface area contributed by atoms with Crippen LogP contribution in [0, 0.1) is 6.92 Å². The molecule has 0 saturated carbocycles. The molecule has 0 radical (unpaired) electrons. The Labute approximate surface area is 212 Å². The number of pyridine rings is 2. The summed E-state index contributed by atoms with van der Waals surface area (Å²) in [6.07, 6.45) is 0.603. The van der Waals surface area contributed by atoms with Gasteiger partial charge in [0.05, 0.1) is 7.11 Å². The van der Waals surface area contributed by atoms with Gasteiger partial charge in [-0.15, -0.1) is 0 Å². The molecule has 1 amide bonds. The number of rotatable bonds is 4. The maximum atomic E-state index is 13.5. The fraction of sp³-hybridized carbons (Fsp3) is 0.250. The van der Waals surface area contributed by atoms with Crippen LogP contribution in [0.5, 0.6) is 5.75 Å².